The van der Waals surface area contributed by atoms with Gasteiger partial charge in [-0.05, 0) is 61.1 Å². The molecule has 0 unspecified atom stereocenters. The smallest absolute Gasteiger partial charge is 0.254 e. The number of amides is 1. The molecule has 0 aliphatic carbocycles. The maximum atomic E-state index is 12.9. The quantitative estimate of drug-likeness (QED) is 0.926. The minimum Gasteiger partial charge on any atom is -0.388 e. The summed E-state index contributed by atoms with van der Waals surface area (Å²) in [5, 5.41) is 12.0. The third kappa shape index (κ3) is 3.66. The van der Waals surface area contributed by atoms with Gasteiger partial charge in [0.25, 0.3) is 5.91 Å². The second-order valence-electron chi connectivity index (χ2n) is 6.58. The third-order valence-corrected chi connectivity index (χ3v) is 5.05. The van der Waals surface area contributed by atoms with Crippen LogP contribution in [0.2, 0.25) is 0 Å². The van der Waals surface area contributed by atoms with Crippen LogP contribution < -0.4 is 5.32 Å². The standard InChI is InChI=1S/C21H23N3O/c1-15-3-8-19(23-2)13-20(15)21(25)24-11-9-18(10-12-24)17-6-4-16(14-22)5-7-17/h3-8,13,18,23H,9-12H2,1-2H3. The predicted octanol–water partition coefficient (Wildman–Crippen LogP) is 3.93. The molecule has 3 rings (SSSR count). The summed E-state index contributed by atoms with van der Waals surface area (Å²) in [6, 6.07) is 15.9. The first kappa shape index (κ1) is 17.0. The van der Waals surface area contributed by atoms with Gasteiger partial charge in [-0.2, -0.15) is 5.26 Å². The maximum absolute atomic E-state index is 12.9. The molecule has 4 heteroatoms. The second-order valence-corrected chi connectivity index (χ2v) is 6.58. The van der Waals surface area contributed by atoms with Gasteiger partial charge in [-0.25, -0.2) is 0 Å². The highest BCUT2D eigenvalue weighted by Crippen LogP contribution is 2.29. The van der Waals surface area contributed by atoms with E-state index in [-0.39, 0.29) is 5.91 Å². The number of aryl methyl sites for hydroxylation is 1. The fraction of sp³-hybridized carbons (Fsp3) is 0.333. The van der Waals surface area contributed by atoms with Crippen LogP contribution in [0, 0.1) is 18.3 Å². The summed E-state index contributed by atoms with van der Waals surface area (Å²) in [4.78, 5) is 14.8. The fourth-order valence-corrected chi connectivity index (χ4v) is 3.42. The molecule has 1 heterocycles. The minimum absolute atomic E-state index is 0.118. The molecule has 1 amide bonds. The van der Waals surface area contributed by atoms with Crippen LogP contribution in [0.5, 0.6) is 0 Å². The first-order chi connectivity index (χ1) is 12.1. The Balaban J connectivity index is 1.67. The first-order valence-corrected chi connectivity index (χ1v) is 8.70. The number of anilines is 1. The summed E-state index contributed by atoms with van der Waals surface area (Å²) in [6.07, 6.45) is 1.92. The second kappa shape index (κ2) is 7.40. The number of carbonyl (C=O) groups excluding carboxylic acids is 1. The summed E-state index contributed by atoms with van der Waals surface area (Å²) < 4.78 is 0. The number of rotatable bonds is 3. The van der Waals surface area contributed by atoms with Crippen LogP contribution in [-0.4, -0.2) is 30.9 Å². The molecule has 128 valence electrons. The van der Waals surface area contributed by atoms with Crippen molar-refractivity contribution in [2.75, 3.05) is 25.5 Å². The molecule has 0 radical (unpaired) electrons. The number of piperidine rings is 1. The first-order valence-electron chi connectivity index (χ1n) is 8.70. The lowest BCUT2D eigenvalue weighted by Crippen LogP contribution is -2.38. The number of nitrogens with zero attached hydrogens (tertiary/aromatic N) is 2. The van der Waals surface area contributed by atoms with Crippen molar-refractivity contribution in [3.8, 4) is 6.07 Å². The normalized spacial score (nSPS) is 14.8. The number of carbonyl (C=O) groups is 1. The van der Waals surface area contributed by atoms with Gasteiger partial charge >= 0.3 is 0 Å². The lowest BCUT2D eigenvalue weighted by molar-refractivity contribution is 0.0712. The molecule has 1 saturated heterocycles. The maximum Gasteiger partial charge on any atom is 0.254 e. The highest BCUT2D eigenvalue weighted by Gasteiger charge is 2.25. The number of benzene rings is 2. The van der Waals surface area contributed by atoms with E-state index in [9.17, 15) is 4.79 Å². The Hall–Kier alpha value is -2.80. The largest absolute Gasteiger partial charge is 0.388 e. The molecule has 0 aromatic heterocycles. The molecule has 4 nitrogen and oxygen atoms in total. The van der Waals surface area contributed by atoms with Crippen LogP contribution >= 0.6 is 0 Å². The zero-order chi connectivity index (χ0) is 17.8. The van der Waals surface area contributed by atoms with Crippen LogP contribution in [0.15, 0.2) is 42.5 Å². The Labute approximate surface area is 149 Å². The molecule has 0 atom stereocenters. The van der Waals surface area contributed by atoms with Gasteiger partial charge in [-0.1, -0.05) is 18.2 Å². The fourth-order valence-electron chi connectivity index (χ4n) is 3.42. The lowest BCUT2D eigenvalue weighted by Gasteiger charge is -2.32. The molecular weight excluding hydrogens is 310 g/mol. The summed E-state index contributed by atoms with van der Waals surface area (Å²) in [5.41, 5.74) is 4.71. The summed E-state index contributed by atoms with van der Waals surface area (Å²) in [5.74, 6) is 0.578. The summed E-state index contributed by atoms with van der Waals surface area (Å²) >= 11 is 0. The summed E-state index contributed by atoms with van der Waals surface area (Å²) in [6.45, 7) is 3.52. The predicted molar refractivity (Wildman–Crippen MR) is 99.8 cm³/mol. The molecule has 0 bridgehead atoms. The van der Waals surface area contributed by atoms with E-state index < -0.39 is 0 Å². The van der Waals surface area contributed by atoms with Crippen molar-refractivity contribution >= 4 is 11.6 Å². The molecule has 0 spiro atoms. The summed E-state index contributed by atoms with van der Waals surface area (Å²) in [7, 11) is 1.86. The Morgan fingerprint density at radius 3 is 2.44 bits per heavy atom. The van der Waals surface area contributed by atoms with Crippen molar-refractivity contribution in [2.45, 2.75) is 25.7 Å². The van der Waals surface area contributed by atoms with Crippen LogP contribution in [0.25, 0.3) is 0 Å². The molecule has 1 N–H and O–H groups in total. The van der Waals surface area contributed by atoms with Crippen molar-refractivity contribution in [1.29, 1.82) is 5.26 Å². The van der Waals surface area contributed by atoms with Gasteiger partial charge in [0.15, 0.2) is 0 Å². The van der Waals surface area contributed by atoms with E-state index >= 15 is 0 Å². The Morgan fingerprint density at radius 1 is 1.16 bits per heavy atom. The van der Waals surface area contributed by atoms with Crippen LogP contribution in [0.1, 0.15) is 45.8 Å². The van der Waals surface area contributed by atoms with E-state index in [1.165, 1.54) is 5.56 Å². The van der Waals surface area contributed by atoms with E-state index in [4.69, 9.17) is 5.26 Å². The van der Waals surface area contributed by atoms with E-state index in [0.29, 0.717) is 11.5 Å². The number of hydrogen-bond acceptors (Lipinski definition) is 3. The van der Waals surface area contributed by atoms with Gasteiger partial charge < -0.3 is 10.2 Å². The molecule has 25 heavy (non-hydrogen) atoms. The van der Waals surface area contributed by atoms with Crippen molar-refractivity contribution in [2.24, 2.45) is 0 Å². The van der Waals surface area contributed by atoms with Gasteiger partial charge in [0.2, 0.25) is 0 Å². The van der Waals surface area contributed by atoms with E-state index in [1.807, 2.05) is 61.3 Å². The van der Waals surface area contributed by atoms with Gasteiger partial charge in [0, 0.05) is 31.4 Å². The molecule has 1 aliphatic heterocycles. The number of nitrogens with one attached hydrogen (secondary N) is 1. The Morgan fingerprint density at radius 2 is 1.84 bits per heavy atom. The molecule has 1 fully saturated rings. The highest BCUT2D eigenvalue weighted by atomic mass is 16.2. The molecule has 2 aromatic rings. The molecular formula is C21H23N3O. The third-order valence-electron chi connectivity index (χ3n) is 5.05. The minimum atomic E-state index is 0.118. The Kier molecular flexibility index (Phi) is 5.04. The van der Waals surface area contributed by atoms with Gasteiger partial charge in [0.1, 0.15) is 0 Å². The van der Waals surface area contributed by atoms with Gasteiger partial charge in [-0.15, -0.1) is 0 Å². The van der Waals surface area contributed by atoms with E-state index in [0.717, 1.165) is 42.7 Å². The SMILES string of the molecule is CNc1ccc(C)c(C(=O)N2CCC(c3ccc(C#N)cc3)CC2)c1. The van der Waals surface area contributed by atoms with Crippen LogP contribution in [0.4, 0.5) is 5.69 Å². The monoisotopic (exact) mass is 333 g/mol. The van der Waals surface area contributed by atoms with E-state index in [2.05, 4.69) is 11.4 Å². The molecule has 0 saturated carbocycles. The topological polar surface area (TPSA) is 56.1 Å². The van der Waals surface area contributed by atoms with Gasteiger partial charge in [-0.3, -0.25) is 4.79 Å². The highest BCUT2D eigenvalue weighted by molar-refractivity contribution is 5.96. The van der Waals surface area contributed by atoms with Crippen molar-refractivity contribution in [1.82, 2.24) is 4.90 Å². The van der Waals surface area contributed by atoms with Crippen LogP contribution in [-0.2, 0) is 0 Å². The van der Waals surface area contributed by atoms with Crippen molar-refractivity contribution in [3.63, 3.8) is 0 Å². The average Bonchev–Trinajstić information content (AvgIpc) is 2.68. The number of nitriles is 1. The van der Waals surface area contributed by atoms with Gasteiger partial charge in [0.05, 0.1) is 11.6 Å². The lowest BCUT2D eigenvalue weighted by atomic mass is 9.88. The molecule has 2 aromatic carbocycles. The van der Waals surface area contributed by atoms with Crippen molar-refractivity contribution in [3.05, 3.63) is 64.7 Å². The van der Waals surface area contributed by atoms with E-state index in [1.54, 1.807) is 0 Å². The molecule has 1 aliphatic rings. The van der Waals surface area contributed by atoms with Crippen molar-refractivity contribution < 1.29 is 4.79 Å². The Bertz CT molecular complexity index is 797. The van der Waals surface area contributed by atoms with Crippen LogP contribution in [0.3, 0.4) is 0 Å². The zero-order valence-corrected chi connectivity index (χ0v) is 14.7. The number of hydrogen-bond donors (Lipinski definition) is 1. The zero-order valence-electron chi connectivity index (χ0n) is 14.7. The number of likely N-dealkylation sites (tertiary alicyclic amines) is 1. The average molecular weight is 333 g/mol.